The average Bonchev–Trinajstić information content (AvgIpc) is 2.70. The summed E-state index contributed by atoms with van der Waals surface area (Å²) in [5.74, 6) is -0.407. The van der Waals surface area contributed by atoms with Crippen molar-refractivity contribution in [3.05, 3.63) is 71.8 Å². The fraction of sp³-hybridized carbons (Fsp3) is 0.364. The van der Waals surface area contributed by atoms with E-state index in [-0.39, 0.29) is 6.61 Å². The van der Waals surface area contributed by atoms with Gasteiger partial charge in [0.1, 0.15) is 6.61 Å². The number of rotatable bonds is 10. The van der Waals surface area contributed by atoms with Gasteiger partial charge < -0.3 is 15.8 Å². The second-order valence-corrected chi connectivity index (χ2v) is 7.22. The molecule has 0 aliphatic heterocycles. The van der Waals surface area contributed by atoms with Crippen LogP contribution in [0.2, 0.25) is 0 Å². The summed E-state index contributed by atoms with van der Waals surface area (Å²) in [6, 6.07) is 18.9. The zero-order valence-corrected chi connectivity index (χ0v) is 16.5. The summed E-state index contributed by atoms with van der Waals surface area (Å²) in [4.78, 5) is 23.6. The van der Waals surface area contributed by atoms with Crippen molar-refractivity contribution in [2.24, 2.45) is 5.73 Å². The number of benzene rings is 2. The molecule has 0 fully saturated rings. The molecule has 0 aromatic heterocycles. The summed E-state index contributed by atoms with van der Waals surface area (Å²) in [5, 5.41) is 6.03. The van der Waals surface area contributed by atoms with E-state index in [1.54, 1.807) is 0 Å². The molecule has 0 bridgehead atoms. The van der Waals surface area contributed by atoms with E-state index < -0.39 is 23.6 Å². The molecule has 0 saturated heterocycles. The number of hydrogen-bond donors (Lipinski definition) is 3. The molecular weight excluding hydrogens is 354 g/mol. The molecule has 0 aliphatic carbocycles. The molecule has 150 valence electrons. The molecule has 2 rings (SSSR count). The maximum atomic E-state index is 11.8. The van der Waals surface area contributed by atoms with Gasteiger partial charge >= 0.3 is 6.09 Å². The SMILES string of the molecule is CC(C)(N[C@H](CCCNC(=O)OCc1ccccc1)C(N)=O)c1ccccc1. The standard InChI is InChI=1S/C22H29N3O3/c1-22(2,18-12-7-4-8-13-18)25-19(20(23)26)14-9-15-24-21(27)28-16-17-10-5-3-6-11-17/h3-8,10-13,19,25H,9,14-16H2,1-2H3,(H2,23,26)(H,24,27)/t19-/m1/s1. The zero-order chi connectivity index (χ0) is 20.4. The van der Waals surface area contributed by atoms with Crippen molar-refractivity contribution in [3.8, 4) is 0 Å². The van der Waals surface area contributed by atoms with Gasteiger partial charge in [-0.05, 0) is 37.8 Å². The maximum Gasteiger partial charge on any atom is 0.407 e. The third kappa shape index (κ3) is 7.04. The van der Waals surface area contributed by atoms with Crippen LogP contribution in [0.4, 0.5) is 4.79 Å². The number of alkyl carbamates (subject to hydrolysis) is 1. The molecule has 0 spiro atoms. The highest BCUT2D eigenvalue weighted by molar-refractivity contribution is 5.80. The highest BCUT2D eigenvalue weighted by Gasteiger charge is 2.26. The van der Waals surface area contributed by atoms with Crippen LogP contribution < -0.4 is 16.4 Å². The van der Waals surface area contributed by atoms with E-state index in [4.69, 9.17) is 10.5 Å². The summed E-state index contributed by atoms with van der Waals surface area (Å²) in [5.41, 5.74) is 7.17. The molecule has 6 nitrogen and oxygen atoms in total. The first kappa shape index (κ1) is 21.4. The molecule has 28 heavy (non-hydrogen) atoms. The molecule has 6 heteroatoms. The van der Waals surface area contributed by atoms with Gasteiger partial charge in [-0.2, -0.15) is 0 Å². The highest BCUT2D eigenvalue weighted by atomic mass is 16.5. The lowest BCUT2D eigenvalue weighted by atomic mass is 9.92. The van der Waals surface area contributed by atoms with E-state index in [9.17, 15) is 9.59 Å². The van der Waals surface area contributed by atoms with Crippen LogP contribution in [0.25, 0.3) is 0 Å². The Morgan fingerprint density at radius 3 is 2.25 bits per heavy atom. The summed E-state index contributed by atoms with van der Waals surface area (Å²) in [7, 11) is 0. The van der Waals surface area contributed by atoms with Crippen LogP contribution in [0.1, 0.15) is 37.8 Å². The lowest BCUT2D eigenvalue weighted by Crippen LogP contribution is -2.50. The number of nitrogens with two attached hydrogens (primary N) is 1. The maximum absolute atomic E-state index is 11.8. The molecule has 0 saturated carbocycles. The third-order valence-electron chi connectivity index (χ3n) is 4.53. The molecule has 4 N–H and O–H groups in total. The molecule has 1 atom stereocenters. The lowest BCUT2D eigenvalue weighted by Gasteiger charge is -2.31. The van der Waals surface area contributed by atoms with Crippen molar-refractivity contribution < 1.29 is 14.3 Å². The van der Waals surface area contributed by atoms with Gasteiger partial charge in [-0.15, -0.1) is 0 Å². The number of carbonyl (C=O) groups excluding carboxylic acids is 2. The first-order chi connectivity index (χ1) is 13.4. The Balaban J connectivity index is 1.74. The van der Waals surface area contributed by atoms with E-state index >= 15 is 0 Å². The van der Waals surface area contributed by atoms with Crippen molar-refractivity contribution in [3.63, 3.8) is 0 Å². The minimum absolute atomic E-state index is 0.226. The van der Waals surface area contributed by atoms with E-state index in [0.717, 1.165) is 11.1 Å². The van der Waals surface area contributed by atoms with Gasteiger partial charge in [0.15, 0.2) is 0 Å². The summed E-state index contributed by atoms with van der Waals surface area (Å²) < 4.78 is 5.16. The molecule has 2 aromatic carbocycles. The van der Waals surface area contributed by atoms with Gasteiger partial charge in [0.2, 0.25) is 5.91 Å². The Kier molecular flexibility index (Phi) is 8.02. The molecule has 2 aromatic rings. The molecule has 2 amide bonds. The Labute approximate surface area is 166 Å². The third-order valence-corrected chi connectivity index (χ3v) is 4.53. The largest absolute Gasteiger partial charge is 0.445 e. The van der Waals surface area contributed by atoms with Crippen molar-refractivity contribution in [1.29, 1.82) is 0 Å². The van der Waals surface area contributed by atoms with Crippen LogP contribution in [0.5, 0.6) is 0 Å². The molecule has 0 aliphatic rings. The number of ether oxygens (including phenoxy) is 1. The van der Waals surface area contributed by atoms with E-state index in [0.29, 0.717) is 19.4 Å². The van der Waals surface area contributed by atoms with Crippen molar-refractivity contribution >= 4 is 12.0 Å². The van der Waals surface area contributed by atoms with Crippen LogP contribution in [-0.2, 0) is 21.7 Å². The fourth-order valence-corrected chi connectivity index (χ4v) is 2.93. The van der Waals surface area contributed by atoms with E-state index in [1.807, 2.05) is 74.5 Å². The van der Waals surface area contributed by atoms with Crippen LogP contribution >= 0.6 is 0 Å². The number of amides is 2. The van der Waals surface area contributed by atoms with Crippen LogP contribution in [0, 0.1) is 0 Å². The number of nitrogens with one attached hydrogen (secondary N) is 2. The Hall–Kier alpha value is -2.86. The van der Waals surface area contributed by atoms with Crippen LogP contribution in [0.3, 0.4) is 0 Å². The molecule has 0 heterocycles. The monoisotopic (exact) mass is 383 g/mol. The minimum Gasteiger partial charge on any atom is -0.445 e. The van der Waals surface area contributed by atoms with Crippen molar-refractivity contribution in [2.75, 3.05) is 6.54 Å². The van der Waals surface area contributed by atoms with Gasteiger partial charge in [0.05, 0.1) is 6.04 Å². The average molecular weight is 383 g/mol. The number of primary amides is 1. The van der Waals surface area contributed by atoms with Gasteiger partial charge in [0, 0.05) is 12.1 Å². The smallest absolute Gasteiger partial charge is 0.407 e. The number of hydrogen-bond acceptors (Lipinski definition) is 4. The van der Waals surface area contributed by atoms with Crippen LogP contribution in [0.15, 0.2) is 60.7 Å². The molecule has 0 unspecified atom stereocenters. The van der Waals surface area contributed by atoms with Crippen molar-refractivity contribution in [2.45, 2.75) is 44.9 Å². The second-order valence-electron chi connectivity index (χ2n) is 7.22. The van der Waals surface area contributed by atoms with Crippen molar-refractivity contribution in [1.82, 2.24) is 10.6 Å². The predicted molar refractivity (Wildman–Crippen MR) is 109 cm³/mol. The Morgan fingerprint density at radius 1 is 1.04 bits per heavy atom. The van der Waals surface area contributed by atoms with Crippen LogP contribution in [-0.4, -0.2) is 24.6 Å². The summed E-state index contributed by atoms with van der Waals surface area (Å²) in [6.07, 6.45) is 0.647. The topological polar surface area (TPSA) is 93.4 Å². The minimum atomic E-state index is -0.489. The Bertz CT molecular complexity index is 748. The normalized spacial score (nSPS) is 12.2. The first-order valence-corrected chi connectivity index (χ1v) is 9.45. The Morgan fingerprint density at radius 2 is 1.64 bits per heavy atom. The van der Waals surface area contributed by atoms with Gasteiger partial charge in [0.25, 0.3) is 0 Å². The lowest BCUT2D eigenvalue weighted by molar-refractivity contribution is -0.120. The van der Waals surface area contributed by atoms with E-state index in [1.165, 1.54) is 0 Å². The zero-order valence-electron chi connectivity index (χ0n) is 16.5. The first-order valence-electron chi connectivity index (χ1n) is 9.45. The van der Waals surface area contributed by atoms with Gasteiger partial charge in [-0.25, -0.2) is 4.79 Å². The fourth-order valence-electron chi connectivity index (χ4n) is 2.93. The quantitative estimate of drug-likeness (QED) is 0.550. The summed E-state index contributed by atoms with van der Waals surface area (Å²) in [6.45, 7) is 4.66. The molecular formula is C22H29N3O3. The highest BCUT2D eigenvalue weighted by Crippen LogP contribution is 2.21. The predicted octanol–water partition coefficient (Wildman–Crippen LogP) is 3.07. The van der Waals surface area contributed by atoms with E-state index in [2.05, 4.69) is 10.6 Å². The second kappa shape index (κ2) is 10.5. The van der Waals surface area contributed by atoms with Gasteiger partial charge in [-0.1, -0.05) is 60.7 Å². The molecule has 0 radical (unpaired) electrons. The number of carbonyl (C=O) groups is 2. The summed E-state index contributed by atoms with van der Waals surface area (Å²) >= 11 is 0. The van der Waals surface area contributed by atoms with Gasteiger partial charge in [-0.3, -0.25) is 10.1 Å².